The number of carbonyl (C=O) groups excluding carboxylic acids is 1. The predicted octanol–water partition coefficient (Wildman–Crippen LogP) is -0.878. The van der Waals surface area contributed by atoms with Crippen LogP contribution in [0, 0.1) is 0 Å². The summed E-state index contributed by atoms with van der Waals surface area (Å²) in [5.41, 5.74) is 0.607. The van der Waals surface area contributed by atoms with Crippen LogP contribution >= 0.6 is 0 Å². The number of aromatic hydroxyl groups is 1. The maximum absolute atomic E-state index is 12.1. The molecule has 10 heteroatoms. The first-order valence-corrected chi connectivity index (χ1v) is 8.68. The minimum atomic E-state index is -4.25. The maximum Gasteiger partial charge on any atom is 0.326 e. The first kappa shape index (κ1) is 18.2. The van der Waals surface area contributed by atoms with Gasteiger partial charge in [-0.3, -0.25) is 9.35 Å². The van der Waals surface area contributed by atoms with Crippen molar-refractivity contribution in [3.8, 4) is 5.75 Å². The molecule has 1 aliphatic heterocycles. The van der Waals surface area contributed by atoms with E-state index in [0.29, 0.717) is 5.56 Å². The predicted molar refractivity (Wildman–Crippen MR) is 83.1 cm³/mol. The summed E-state index contributed by atoms with van der Waals surface area (Å²) in [6.45, 7) is -0.0768. The van der Waals surface area contributed by atoms with Crippen molar-refractivity contribution >= 4 is 22.0 Å². The number of phenolic OH excluding ortho intramolecular Hbond substituents is 1. The molecule has 1 saturated heterocycles. The molecule has 2 rings (SSSR count). The zero-order valence-corrected chi connectivity index (χ0v) is 13.4. The molecule has 3 atom stereocenters. The van der Waals surface area contributed by atoms with Gasteiger partial charge in [-0.15, -0.1) is 0 Å². The molecule has 0 aromatic heterocycles. The van der Waals surface area contributed by atoms with Gasteiger partial charge in [0.25, 0.3) is 10.1 Å². The minimum Gasteiger partial charge on any atom is -0.508 e. The van der Waals surface area contributed by atoms with Gasteiger partial charge in [-0.05, 0) is 24.1 Å². The van der Waals surface area contributed by atoms with Gasteiger partial charge < -0.3 is 20.8 Å². The number of hydrogen-bond acceptors (Lipinski definition) is 6. The van der Waals surface area contributed by atoms with Crippen LogP contribution in [-0.2, 0) is 26.1 Å². The van der Waals surface area contributed by atoms with E-state index in [1.807, 2.05) is 0 Å². The number of amides is 1. The molecule has 24 heavy (non-hydrogen) atoms. The van der Waals surface area contributed by atoms with E-state index in [-0.39, 0.29) is 25.1 Å². The fraction of sp³-hybridized carbons (Fsp3) is 0.429. The molecule has 0 saturated carbocycles. The topological polar surface area (TPSA) is 153 Å². The van der Waals surface area contributed by atoms with E-state index < -0.39 is 39.3 Å². The second-order valence-electron chi connectivity index (χ2n) is 5.60. The summed E-state index contributed by atoms with van der Waals surface area (Å²) >= 11 is 0. The third kappa shape index (κ3) is 4.66. The Bertz CT molecular complexity index is 717. The van der Waals surface area contributed by atoms with Gasteiger partial charge >= 0.3 is 5.97 Å². The van der Waals surface area contributed by atoms with Crippen molar-refractivity contribution in [3.63, 3.8) is 0 Å². The third-order valence-corrected chi connectivity index (χ3v) is 5.02. The smallest absolute Gasteiger partial charge is 0.326 e. The van der Waals surface area contributed by atoms with Gasteiger partial charge in [0.1, 0.15) is 17.0 Å². The van der Waals surface area contributed by atoms with Gasteiger partial charge in [0, 0.05) is 13.0 Å². The highest BCUT2D eigenvalue weighted by molar-refractivity contribution is 7.86. The Labute approximate surface area is 138 Å². The molecular weight excluding hydrogens is 340 g/mol. The first-order chi connectivity index (χ1) is 11.2. The molecule has 1 aliphatic rings. The van der Waals surface area contributed by atoms with E-state index in [1.54, 1.807) is 12.1 Å². The van der Waals surface area contributed by atoms with Crippen LogP contribution in [0.1, 0.15) is 12.0 Å². The summed E-state index contributed by atoms with van der Waals surface area (Å²) in [5, 5.41) is 22.4. The van der Waals surface area contributed by atoms with E-state index >= 15 is 0 Å². The lowest BCUT2D eigenvalue weighted by Crippen LogP contribution is -2.49. The number of phenols is 1. The standard InChI is InChI=1S/C14H18N2O7S/c17-9-3-1-8(2-4-9)5-12(14(19)20)16-13(18)11-6-10(7-15-11)24(21,22)23/h1-4,10-12,15,17H,5-7H2,(H,16,18)(H,19,20)(H,21,22,23)/t10-,11-,12-/m0/s1. The molecule has 1 amide bonds. The molecule has 0 aliphatic carbocycles. The van der Waals surface area contributed by atoms with Crippen LogP contribution in [-0.4, -0.2) is 58.9 Å². The highest BCUT2D eigenvalue weighted by atomic mass is 32.2. The Kier molecular flexibility index (Phi) is 5.42. The lowest BCUT2D eigenvalue weighted by molar-refractivity contribution is -0.142. The number of carboxylic acid groups (broad SMARTS) is 1. The average Bonchev–Trinajstić information content (AvgIpc) is 2.98. The van der Waals surface area contributed by atoms with Gasteiger partial charge in [0.2, 0.25) is 5.91 Å². The van der Waals surface area contributed by atoms with Gasteiger partial charge in [-0.2, -0.15) is 8.42 Å². The lowest BCUT2D eigenvalue weighted by atomic mass is 10.1. The van der Waals surface area contributed by atoms with Crippen molar-refractivity contribution in [2.45, 2.75) is 30.2 Å². The fourth-order valence-corrected chi connectivity index (χ4v) is 3.21. The average molecular weight is 358 g/mol. The SMILES string of the molecule is O=C(O)[C@H](Cc1ccc(O)cc1)NC(=O)[C@@H]1C[C@H](S(=O)(=O)O)CN1. The molecule has 1 aromatic carbocycles. The van der Waals surface area contributed by atoms with Crippen LogP contribution in [0.15, 0.2) is 24.3 Å². The van der Waals surface area contributed by atoms with Crippen LogP contribution < -0.4 is 10.6 Å². The Morgan fingerprint density at radius 2 is 1.92 bits per heavy atom. The van der Waals surface area contributed by atoms with Crippen LogP contribution in [0.4, 0.5) is 0 Å². The third-order valence-electron chi connectivity index (χ3n) is 3.82. The van der Waals surface area contributed by atoms with E-state index in [2.05, 4.69) is 10.6 Å². The Balaban J connectivity index is 1.99. The van der Waals surface area contributed by atoms with Crippen LogP contribution in [0.25, 0.3) is 0 Å². The van der Waals surface area contributed by atoms with Crippen molar-refractivity contribution in [2.75, 3.05) is 6.54 Å². The molecule has 0 spiro atoms. The molecule has 5 N–H and O–H groups in total. The molecule has 0 radical (unpaired) electrons. The lowest BCUT2D eigenvalue weighted by Gasteiger charge is -2.17. The van der Waals surface area contributed by atoms with Crippen molar-refractivity contribution in [1.82, 2.24) is 10.6 Å². The maximum atomic E-state index is 12.1. The molecule has 1 aromatic rings. The first-order valence-electron chi connectivity index (χ1n) is 7.17. The van der Waals surface area contributed by atoms with Crippen LogP contribution in [0.3, 0.4) is 0 Å². The summed E-state index contributed by atoms with van der Waals surface area (Å²) in [7, 11) is -4.25. The number of carbonyl (C=O) groups is 2. The quantitative estimate of drug-likeness (QED) is 0.411. The summed E-state index contributed by atoms with van der Waals surface area (Å²) in [6.07, 6.45) is -0.119. The number of rotatable bonds is 6. The molecule has 1 heterocycles. The van der Waals surface area contributed by atoms with Gasteiger partial charge in [0.05, 0.1) is 6.04 Å². The normalized spacial score (nSPS) is 22.0. The van der Waals surface area contributed by atoms with Crippen molar-refractivity contribution < 1.29 is 32.8 Å². The number of aliphatic carboxylic acids is 1. The molecule has 9 nitrogen and oxygen atoms in total. The Hall–Kier alpha value is -2.17. The Morgan fingerprint density at radius 1 is 1.29 bits per heavy atom. The van der Waals surface area contributed by atoms with Crippen molar-refractivity contribution in [1.29, 1.82) is 0 Å². The molecular formula is C14H18N2O7S. The van der Waals surface area contributed by atoms with E-state index in [1.165, 1.54) is 12.1 Å². The van der Waals surface area contributed by atoms with Gasteiger partial charge in [-0.25, -0.2) is 4.79 Å². The van der Waals surface area contributed by atoms with Gasteiger partial charge in [-0.1, -0.05) is 12.1 Å². The molecule has 1 fully saturated rings. The number of nitrogens with one attached hydrogen (secondary N) is 2. The summed E-state index contributed by atoms with van der Waals surface area (Å²) in [5.74, 6) is -1.84. The summed E-state index contributed by atoms with van der Waals surface area (Å²) in [6, 6.07) is 3.81. The van der Waals surface area contributed by atoms with E-state index in [4.69, 9.17) is 4.55 Å². The Morgan fingerprint density at radius 3 is 2.42 bits per heavy atom. The number of hydrogen-bond donors (Lipinski definition) is 5. The van der Waals surface area contributed by atoms with Crippen molar-refractivity contribution in [2.24, 2.45) is 0 Å². The fourth-order valence-electron chi connectivity index (χ4n) is 2.47. The highest BCUT2D eigenvalue weighted by Crippen LogP contribution is 2.15. The summed E-state index contributed by atoms with van der Waals surface area (Å²) in [4.78, 5) is 23.4. The van der Waals surface area contributed by atoms with Crippen LogP contribution in [0.5, 0.6) is 5.75 Å². The minimum absolute atomic E-state index is 0.00972. The number of carboxylic acids is 1. The van der Waals surface area contributed by atoms with Crippen molar-refractivity contribution in [3.05, 3.63) is 29.8 Å². The molecule has 0 unspecified atom stereocenters. The molecule has 0 bridgehead atoms. The van der Waals surface area contributed by atoms with E-state index in [9.17, 15) is 28.2 Å². The molecule has 132 valence electrons. The van der Waals surface area contributed by atoms with E-state index in [0.717, 1.165) is 0 Å². The zero-order valence-electron chi connectivity index (χ0n) is 12.5. The second kappa shape index (κ2) is 7.16. The zero-order chi connectivity index (χ0) is 17.9. The monoisotopic (exact) mass is 358 g/mol. The van der Waals surface area contributed by atoms with Gasteiger partial charge in [0.15, 0.2) is 0 Å². The highest BCUT2D eigenvalue weighted by Gasteiger charge is 2.37. The second-order valence-corrected chi connectivity index (χ2v) is 7.30. The summed E-state index contributed by atoms with van der Waals surface area (Å²) < 4.78 is 31.1. The van der Waals surface area contributed by atoms with Crippen LogP contribution in [0.2, 0.25) is 0 Å². The number of benzene rings is 1. The largest absolute Gasteiger partial charge is 0.508 e.